The molecule has 0 radical (unpaired) electrons. The number of nitrogens with zero attached hydrogens (tertiary/aromatic N) is 1. The van der Waals surface area contributed by atoms with Crippen LogP contribution in [-0.4, -0.2) is 40.6 Å². The lowest BCUT2D eigenvalue weighted by Gasteiger charge is -2.28. The number of halogens is 3. The van der Waals surface area contributed by atoms with E-state index in [-0.39, 0.29) is 36.3 Å². The topological polar surface area (TPSA) is 137 Å². The van der Waals surface area contributed by atoms with Crippen LogP contribution in [0.2, 0.25) is 0 Å². The summed E-state index contributed by atoms with van der Waals surface area (Å²) in [7, 11) is 0. The van der Waals surface area contributed by atoms with Gasteiger partial charge in [0, 0.05) is 30.4 Å². The summed E-state index contributed by atoms with van der Waals surface area (Å²) in [5.41, 5.74) is 0.0974. The minimum atomic E-state index is -4.55. The summed E-state index contributed by atoms with van der Waals surface area (Å²) < 4.78 is 39.3. The zero-order chi connectivity index (χ0) is 27.6. The van der Waals surface area contributed by atoms with Gasteiger partial charge in [0.15, 0.2) is 0 Å². The Bertz CT molecular complexity index is 1370. The number of anilines is 2. The number of aryl methyl sites for hydroxylation is 1. The molecule has 198 valence electrons. The van der Waals surface area contributed by atoms with E-state index < -0.39 is 47.4 Å². The molecule has 10 nitrogen and oxygen atoms in total. The van der Waals surface area contributed by atoms with Crippen LogP contribution >= 0.6 is 0 Å². The number of imide groups is 2. The number of hydrogen-bond acceptors (Lipinski definition) is 6. The molecule has 4 N–H and O–H groups in total. The summed E-state index contributed by atoms with van der Waals surface area (Å²) in [5.74, 6) is -2.60. The van der Waals surface area contributed by atoms with E-state index >= 15 is 0 Å². The summed E-state index contributed by atoms with van der Waals surface area (Å²) >= 11 is 0. The molecule has 0 bridgehead atoms. The largest absolute Gasteiger partial charge is 0.416 e. The van der Waals surface area contributed by atoms with Crippen molar-refractivity contribution < 1.29 is 37.1 Å². The van der Waals surface area contributed by atoms with E-state index in [9.17, 15) is 37.1 Å². The molecular weight excluding hydrogens is 507 g/mol. The molecule has 2 aromatic carbocycles. The average molecular weight is 529 g/mol. The lowest BCUT2D eigenvalue weighted by molar-refractivity contribution is -0.149. The Labute approximate surface area is 214 Å². The highest BCUT2D eigenvalue weighted by Crippen LogP contribution is 2.33. The molecule has 2 aliphatic rings. The normalized spacial score (nSPS) is 17.7. The maximum absolute atomic E-state index is 13.1. The van der Waals surface area contributed by atoms with Crippen molar-refractivity contribution in [2.75, 3.05) is 10.6 Å². The molecule has 2 aromatic rings. The van der Waals surface area contributed by atoms with Crippen LogP contribution in [-0.2, 0) is 31.9 Å². The molecule has 0 saturated carbocycles. The van der Waals surface area contributed by atoms with Gasteiger partial charge in [0.1, 0.15) is 11.7 Å². The maximum atomic E-state index is 13.1. The second-order valence-corrected chi connectivity index (χ2v) is 8.70. The second-order valence-electron chi connectivity index (χ2n) is 8.70. The van der Waals surface area contributed by atoms with Gasteiger partial charge in [-0.15, -0.1) is 0 Å². The van der Waals surface area contributed by atoms with Crippen molar-refractivity contribution in [2.24, 2.45) is 0 Å². The summed E-state index contributed by atoms with van der Waals surface area (Å²) in [5, 5.41) is 9.84. The van der Waals surface area contributed by atoms with Gasteiger partial charge < -0.3 is 16.0 Å². The van der Waals surface area contributed by atoms with Gasteiger partial charge in [0.2, 0.25) is 11.8 Å². The number of amides is 6. The predicted molar refractivity (Wildman–Crippen MR) is 128 cm³/mol. The number of carbonyl (C=O) groups is 5. The van der Waals surface area contributed by atoms with Crippen molar-refractivity contribution in [1.82, 2.24) is 15.5 Å². The quantitative estimate of drug-likeness (QED) is 0.425. The summed E-state index contributed by atoms with van der Waals surface area (Å²) in [6.07, 6.45) is -3.45. The van der Waals surface area contributed by atoms with Crippen molar-refractivity contribution >= 4 is 41.0 Å². The maximum Gasteiger partial charge on any atom is 0.416 e. The number of urea groups is 1. The highest BCUT2D eigenvalue weighted by atomic mass is 19.4. The van der Waals surface area contributed by atoms with Gasteiger partial charge in [-0.2, -0.15) is 13.2 Å². The van der Waals surface area contributed by atoms with Gasteiger partial charge in [-0.05, 0) is 48.7 Å². The van der Waals surface area contributed by atoms with Gasteiger partial charge in [0.05, 0.1) is 5.56 Å². The number of alkyl halides is 3. The van der Waals surface area contributed by atoms with E-state index in [1.807, 2.05) is 0 Å². The standard InChI is InChI=1S/C25H22F3N5O5/c1-13-5-6-16(10-17(13)25(26,27)28)31-24(38)29-12-14-3-2-4-15(9-14)30-18-11-21(35)33(23(18)37)19-7-8-20(34)32-22(19)36/h2-6,9-11,19,30H,7-8,12H2,1H3,(H2,29,31,38)(H,32,34,36). The van der Waals surface area contributed by atoms with Gasteiger partial charge >= 0.3 is 12.2 Å². The molecule has 38 heavy (non-hydrogen) atoms. The van der Waals surface area contributed by atoms with Gasteiger partial charge in [-0.25, -0.2) is 4.79 Å². The summed E-state index contributed by atoms with van der Waals surface area (Å²) in [6, 6.07) is 8.18. The molecule has 2 heterocycles. The van der Waals surface area contributed by atoms with Crippen LogP contribution in [0.25, 0.3) is 0 Å². The summed E-state index contributed by atoms with van der Waals surface area (Å²) in [6.45, 7) is 1.33. The molecule has 1 unspecified atom stereocenters. The number of hydrogen-bond donors (Lipinski definition) is 4. The fraction of sp³-hybridized carbons (Fsp3) is 0.240. The number of benzene rings is 2. The van der Waals surface area contributed by atoms with Crippen LogP contribution in [0.15, 0.2) is 54.2 Å². The van der Waals surface area contributed by atoms with E-state index in [0.717, 1.165) is 17.0 Å². The number of rotatable bonds is 6. The van der Waals surface area contributed by atoms with Crippen molar-refractivity contribution in [3.8, 4) is 0 Å². The van der Waals surface area contributed by atoms with E-state index in [4.69, 9.17) is 0 Å². The van der Waals surface area contributed by atoms with Crippen LogP contribution < -0.4 is 21.3 Å². The average Bonchev–Trinajstić information content (AvgIpc) is 3.11. The molecule has 0 spiro atoms. The number of carbonyl (C=O) groups excluding carboxylic acids is 5. The fourth-order valence-corrected chi connectivity index (χ4v) is 4.08. The lowest BCUT2D eigenvalue weighted by atomic mass is 10.0. The van der Waals surface area contributed by atoms with Crippen LogP contribution in [0.5, 0.6) is 0 Å². The third-order valence-corrected chi connectivity index (χ3v) is 5.94. The lowest BCUT2D eigenvalue weighted by Crippen LogP contribution is -2.54. The molecule has 2 aliphatic heterocycles. The zero-order valence-electron chi connectivity index (χ0n) is 19.9. The van der Waals surface area contributed by atoms with Crippen molar-refractivity contribution in [2.45, 2.75) is 38.5 Å². The Morgan fingerprint density at radius 1 is 1.08 bits per heavy atom. The predicted octanol–water partition coefficient (Wildman–Crippen LogP) is 2.81. The Balaban J connectivity index is 1.36. The third-order valence-electron chi connectivity index (χ3n) is 5.94. The zero-order valence-corrected chi connectivity index (χ0v) is 19.9. The highest BCUT2D eigenvalue weighted by Gasteiger charge is 2.42. The van der Waals surface area contributed by atoms with Crippen molar-refractivity contribution in [3.05, 3.63) is 70.9 Å². The van der Waals surface area contributed by atoms with Crippen LogP contribution in [0, 0.1) is 6.92 Å². The van der Waals surface area contributed by atoms with Crippen LogP contribution in [0.1, 0.15) is 29.5 Å². The molecule has 0 aromatic heterocycles. The fourth-order valence-electron chi connectivity index (χ4n) is 4.08. The molecule has 4 rings (SSSR count). The third kappa shape index (κ3) is 5.82. The van der Waals surface area contributed by atoms with Gasteiger partial charge in [-0.3, -0.25) is 29.4 Å². The molecule has 1 fully saturated rings. The SMILES string of the molecule is Cc1ccc(NC(=O)NCc2cccc(NC3=CC(=O)N(C4CCC(=O)NC4=O)C3=O)c2)cc1C(F)(F)F. The Hall–Kier alpha value is -4.68. The van der Waals surface area contributed by atoms with Gasteiger partial charge in [-0.1, -0.05) is 18.2 Å². The minimum Gasteiger partial charge on any atom is -0.351 e. The van der Waals surface area contributed by atoms with Crippen LogP contribution in [0.3, 0.4) is 0 Å². The van der Waals surface area contributed by atoms with E-state index in [1.165, 1.54) is 19.1 Å². The van der Waals surface area contributed by atoms with E-state index in [0.29, 0.717) is 11.3 Å². The first-order valence-electron chi connectivity index (χ1n) is 11.4. The van der Waals surface area contributed by atoms with Crippen LogP contribution in [0.4, 0.5) is 29.3 Å². The van der Waals surface area contributed by atoms with Crippen molar-refractivity contribution in [1.29, 1.82) is 0 Å². The van der Waals surface area contributed by atoms with E-state index in [2.05, 4.69) is 21.3 Å². The van der Waals surface area contributed by atoms with E-state index in [1.54, 1.807) is 24.3 Å². The number of piperidine rings is 1. The second kappa shape index (κ2) is 10.4. The molecule has 13 heteroatoms. The first kappa shape index (κ1) is 26.4. The van der Waals surface area contributed by atoms with Gasteiger partial charge in [0.25, 0.3) is 11.8 Å². The first-order chi connectivity index (χ1) is 17.9. The van der Waals surface area contributed by atoms with Crippen molar-refractivity contribution in [3.63, 3.8) is 0 Å². The Morgan fingerprint density at radius 3 is 2.55 bits per heavy atom. The smallest absolute Gasteiger partial charge is 0.351 e. The molecular formula is C25H22F3N5O5. The monoisotopic (exact) mass is 529 g/mol. The Kier molecular flexibility index (Phi) is 7.19. The molecule has 6 amide bonds. The minimum absolute atomic E-state index is 0.00621. The summed E-state index contributed by atoms with van der Waals surface area (Å²) in [4.78, 5) is 61.7. The highest BCUT2D eigenvalue weighted by molar-refractivity contribution is 6.20. The molecule has 0 aliphatic carbocycles. The number of nitrogens with one attached hydrogen (secondary N) is 4. The molecule has 1 atom stereocenters. The molecule has 1 saturated heterocycles. The Morgan fingerprint density at radius 2 is 1.84 bits per heavy atom. The first-order valence-corrected chi connectivity index (χ1v) is 11.4.